The molecule has 0 heterocycles. The molecule has 1 aromatic rings. The van der Waals surface area contributed by atoms with E-state index in [0.717, 1.165) is 12.8 Å². The van der Waals surface area contributed by atoms with Gasteiger partial charge in [0.05, 0.1) is 5.56 Å². The Kier molecular flexibility index (Phi) is 5.25. The molecule has 0 bridgehead atoms. The van der Waals surface area contributed by atoms with E-state index in [1.165, 1.54) is 19.3 Å². The van der Waals surface area contributed by atoms with Crippen LogP contribution in [0.25, 0.3) is 0 Å². The van der Waals surface area contributed by atoms with Gasteiger partial charge in [-0.1, -0.05) is 31.4 Å². The largest absolute Gasteiger partial charge is 0.482 e. The van der Waals surface area contributed by atoms with E-state index in [2.05, 4.69) is 15.9 Å². The number of hydrogen-bond acceptors (Lipinski definition) is 2. The van der Waals surface area contributed by atoms with Gasteiger partial charge < -0.3 is 9.64 Å². The molecule has 1 saturated carbocycles. The van der Waals surface area contributed by atoms with Crippen LogP contribution >= 0.6 is 15.9 Å². The summed E-state index contributed by atoms with van der Waals surface area (Å²) in [6, 6.07) is 7.81. The van der Waals surface area contributed by atoms with Crippen molar-refractivity contribution in [2.45, 2.75) is 38.1 Å². The van der Waals surface area contributed by atoms with E-state index in [4.69, 9.17) is 4.74 Å². The minimum atomic E-state index is 0.0588. The molecule has 0 spiro atoms. The number of hydrogen-bond donors (Lipinski definition) is 0. The van der Waals surface area contributed by atoms with Crippen molar-refractivity contribution in [2.24, 2.45) is 0 Å². The average molecular weight is 326 g/mol. The Hall–Kier alpha value is -1.03. The van der Waals surface area contributed by atoms with Gasteiger partial charge in [-0.2, -0.15) is 0 Å². The van der Waals surface area contributed by atoms with Gasteiger partial charge in [0.1, 0.15) is 11.3 Å². The van der Waals surface area contributed by atoms with Gasteiger partial charge in [0.15, 0.2) is 0 Å². The SMILES string of the molecule is CN(C(=O)c1ccccc1OCBr)C1CCCCC1. The lowest BCUT2D eigenvalue weighted by Crippen LogP contribution is -2.38. The lowest BCUT2D eigenvalue weighted by Gasteiger charge is -2.31. The van der Waals surface area contributed by atoms with Crippen LogP contribution in [0.15, 0.2) is 24.3 Å². The molecule has 0 unspecified atom stereocenters. The predicted molar refractivity (Wildman–Crippen MR) is 79.8 cm³/mol. The fourth-order valence-electron chi connectivity index (χ4n) is 2.65. The van der Waals surface area contributed by atoms with Gasteiger partial charge in [-0.15, -0.1) is 0 Å². The number of para-hydroxylation sites is 1. The number of alkyl halides is 1. The summed E-state index contributed by atoms with van der Waals surface area (Å²) in [5, 5.41) is 0. The van der Waals surface area contributed by atoms with Crippen molar-refractivity contribution < 1.29 is 9.53 Å². The number of rotatable bonds is 4. The van der Waals surface area contributed by atoms with Gasteiger partial charge in [-0.05, 0) is 40.9 Å². The van der Waals surface area contributed by atoms with Gasteiger partial charge in [0.2, 0.25) is 0 Å². The highest BCUT2D eigenvalue weighted by atomic mass is 79.9. The van der Waals surface area contributed by atoms with Crippen molar-refractivity contribution in [3.05, 3.63) is 29.8 Å². The average Bonchev–Trinajstić information content (AvgIpc) is 2.47. The highest BCUT2D eigenvalue weighted by Gasteiger charge is 2.24. The number of carbonyl (C=O) groups is 1. The van der Waals surface area contributed by atoms with Gasteiger partial charge in [-0.25, -0.2) is 0 Å². The Morgan fingerprint density at radius 2 is 2.00 bits per heavy atom. The Bertz CT molecular complexity index is 430. The molecular weight excluding hydrogens is 306 g/mol. The number of ether oxygens (including phenoxy) is 1. The number of carbonyl (C=O) groups excluding carboxylic acids is 1. The van der Waals surface area contributed by atoms with Crippen molar-refractivity contribution >= 4 is 21.8 Å². The second-order valence-corrected chi connectivity index (χ2v) is 5.42. The summed E-state index contributed by atoms with van der Waals surface area (Å²) in [4.78, 5) is 14.5. The minimum absolute atomic E-state index is 0.0588. The first-order valence-corrected chi connectivity index (χ1v) is 7.91. The van der Waals surface area contributed by atoms with Gasteiger partial charge >= 0.3 is 0 Å². The summed E-state index contributed by atoms with van der Waals surface area (Å²) in [6.07, 6.45) is 5.97. The number of halogens is 1. The van der Waals surface area contributed by atoms with Crippen molar-refractivity contribution in [2.75, 3.05) is 12.6 Å². The van der Waals surface area contributed by atoms with E-state index in [0.29, 0.717) is 22.9 Å². The molecule has 1 aliphatic carbocycles. The van der Waals surface area contributed by atoms with Crippen LogP contribution in [-0.4, -0.2) is 29.4 Å². The molecule has 19 heavy (non-hydrogen) atoms. The molecule has 2 rings (SSSR count). The summed E-state index contributed by atoms with van der Waals surface area (Å²) < 4.78 is 5.46. The van der Waals surface area contributed by atoms with Crippen LogP contribution in [0, 0.1) is 0 Å². The highest BCUT2D eigenvalue weighted by molar-refractivity contribution is 9.09. The van der Waals surface area contributed by atoms with E-state index in [1.807, 2.05) is 36.2 Å². The number of nitrogens with zero attached hydrogens (tertiary/aromatic N) is 1. The van der Waals surface area contributed by atoms with Gasteiger partial charge in [0, 0.05) is 13.1 Å². The topological polar surface area (TPSA) is 29.5 Å². The molecule has 3 nitrogen and oxygen atoms in total. The summed E-state index contributed by atoms with van der Waals surface area (Å²) in [7, 11) is 1.91. The Labute approximate surface area is 123 Å². The van der Waals surface area contributed by atoms with Crippen molar-refractivity contribution in [1.82, 2.24) is 4.90 Å². The molecule has 1 aromatic carbocycles. The first kappa shape index (κ1) is 14.4. The third-order valence-electron chi connectivity index (χ3n) is 3.77. The third-order valence-corrected chi connectivity index (χ3v) is 4.00. The van der Waals surface area contributed by atoms with Crippen LogP contribution in [-0.2, 0) is 0 Å². The molecule has 1 amide bonds. The predicted octanol–water partition coefficient (Wildman–Crippen LogP) is 3.82. The Balaban J connectivity index is 2.13. The fourth-order valence-corrected chi connectivity index (χ4v) is 2.90. The molecule has 0 atom stereocenters. The summed E-state index contributed by atoms with van der Waals surface area (Å²) in [5.41, 5.74) is 1.04. The van der Waals surface area contributed by atoms with Crippen molar-refractivity contribution in [3.63, 3.8) is 0 Å². The molecular formula is C15H20BrNO2. The number of amides is 1. The molecule has 4 heteroatoms. The van der Waals surface area contributed by atoms with Crippen LogP contribution in [0.4, 0.5) is 0 Å². The molecule has 0 N–H and O–H groups in total. The monoisotopic (exact) mass is 325 g/mol. The summed E-state index contributed by atoms with van der Waals surface area (Å²) >= 11 is 3.24. The number of benzene rings is 1. The van der Waals surface area contributed by atoms with E-state index in [-0.39, 0.29) is 5.91 Å². The quantitative estimate of drug-likeness (QED) is 0.787. The smallest absolute Gasteiger partial charge is 0.257 e. The van der Waals surface area contributed by atoms with Crippen LogP contribution in [0.5, 0.6) is 5.75 Å². The molecule has 0 aliphatic heterocycles. The first-order valence-electron chi connectivity index (χ1n) is 6.79. The lowest BCUT2D eigenvalue weighted by atomic mass is 9.94. The molecule has 0 saturated heterocycles. The molecule has 1 fully saturated rings. The van der Waals surface area contributed by atoms with Crippen LogP contribution in [0.1, 0.15) is 42.5 Å². The maximum atomic E-state index is 12.6. The second-order valence-electron chi connectivity index (χ2n) is 4.96. The van der Waals surface area contributed by atoms with Gasteiger partial charge in [-0.3, -0.25) is 4.79 Å². The van der Waals surface area contributed by atoms with E-state index in [9.17, 15) is 4.79 Å². The van der Waals surface area contributed by atoms with E-state index >= 15 is 0 Å². The third kappa shape index (κ3) is 3.50. The van der Waals surface area contributed by atoms with Crippen molar-refractivity contribution in [3.8, 4) is 5.75 Å². The molecule has 104 valence electrons. The summed E-state index contributed by atoms with van der Waals surface area (Å²) in [6.45, 7) is 0. The zero-order chi connectivity index (χ0) is 13.7. The van der Waals surface area contributed by atoms with Crippen LogP contribution in [0.2, 0.25) is 0 Å². The Morgan fingerprint density at radius 1 is 1.32 bits per heavy atom. The first-order chi connectivity index (χ1) is 9.24. The van der Waals surface area contributed by atoms with E-state index < -0.39 is 0 Å². The minimum Gasteiger partial charge on any atom is -0.482 e. The van der Waals surface area contributed by atoms with Crippen LogP contribution in [0.3, 0.4) is 0 Å². The van der Waals surface area contributed by atoms with E-state index in [1.54, 1.807) is 0 Å². The second kappa shape index (κ2) is 6.94. The zero-order valence-corrected chi connectivity index (χ0v) is 12.9. The highest BCUT2D eigenvalue weighted by Crippen LogP contribution is 2.25. The standard InChI is InChI=1S/C15H20BrNO2/c1-17(12-7-3-2-4-8-12)15(18)13-9-5-6-10-14(13)19-11-16/h5-6,9-10,12H,2-4,7-8,11H2,1H3. The van der Waals surface area contributed by atoms with Crippen LogP contribution < -0.4 is 4.74 Å². The fraction of sp³-hybridized carbons (Fsp3) is 0.533. The zero-order valence-electron chi connectivity index (χ0n) is 11.3. The lowest BCUT2D eigenvalue weighted by molar-refractivity contribution is 0.0692. The Morgan fingerprint density at radius 3 is 2.68 bits per heavy atom. The maximum Gasteiger partial charge on any atom is 0.257 e. The van der Waals surface area contributed by atoms with Gasteiger partial charge in [0.25, 0.3) is 5.91 Å². The molecule has 0 aromatic heterocycles. The maximum absolute atomic E-state index is 12.6. The van der Waals surface area contributed by atoms with Crippen molar-refractivity contribution in [1.29, 1.82) is 0 Å². The molecule has 0 radical (unpaired) electrons. The summed E-state index contributed by atoms with van der Waals surface area (Å²) in [5.74, 6) is 0.704. The normalized spacial score (nSPS) is 16.1. The molecule has 1 aliphatic rings.